The Kier molecular flexibility index (Phi) is 4.99. The van der Waals surface area contributed by atoms with Gasteiger partial charge in [-0.3, -0.25) is 4.98 Å². The highest BCUT2D eigenvalue weighted by atomic mass is 79.9. The standard InChI is InChI=1S/C14H14BrN3O3/c1-20-13-4-9(2-3-12(13)14(16)18-19)8-21-11-5-10(15)6-17-7-11/h2-7,19H,8H2,1H3,(H2,16,18). The van der Waals surface area contributed by atoms with Crippen molar-refractivity contribution in [1.29, 1.82) is 0 Å². The number of hydrogen-bond donors (Lipinski definition) is 2. The Morgan fingerprint density at radius 2 is 2.19 bits per heavy atom. The van der Waals surface area contributed by atoms with E-state index < -0.39 is 0 Å². The van der Waals surface area contributed by atoms with Crippen LogP contribution in [0.3, 0.4) is 0 Å². The molecule has 0 atom stereocenters. The molecule has 0 saturated carbocycles. The third-order valence-electron chi connectivity index (χ3n) is 2.73. The molecule has 0 spiro atoms. The van der Waals surface area contributed by atoms with Crippen molar-refractivity contribution in [3.05, 3.63) is 52.3 Å². The van der Waals surface area contributed by atoms with E-state index in [-0.39, 0.29) is 5.84 Å². The van der Waals surface area contributed by atoms with E-state index in [4.69, 9.17) is 20.4 Å². The summed E-state index contributed by atoms with van der Waals surface area (Å²) in [6, 6.07) is 7.14. The second kappa shape index (κ2) is 6.94. The summed E-state index contributed by atoms with van der Waals surface area (Å²) in [5, 5.41) is 11.7. The van der Waals surface area contributed by atoms with Crippen LogP contribution in [0.15, 0.2) is 46.3 Å². The zero-order valence-corrected chi connectivity index (χ0v) is 12.9. The van der Waals surface area contributed by atoms with Gasteiger partial charge in [0, 0.05) is 10.7 Å². The molecule has 0 bridgehead atoms. The van der Waals surface area contributed by atoms with Gasteiger partial charge in [-0.15, -0.1) is 0 Å². The Morgan fingerprint density at radius 3 is 2.86 bits per heavy atom. The predicted molar refractivity (Wildman–Crippen MR) is 81.8 cm³/mol. The Morgan fingerprint density at radius 1 is 1.38 bits per heavy atom. The van der Waals surface area contributed by atoms with Crippen LogP contribution in [-0.4, -0.2) is 23.1 Å². The average molecular weight is 352 g/mol. The molecule has 6 nitrogen and oxygen atoms in total. The van der Waals surface area contributed by atoms with E-state index in [1.165, 1.54) is 7.11 Å². The quantitative estimate of drug-likeness (QED) is 0.374. The molecular weight excluding hydrogens is 338 g/mol. The Balaban J connectivity index is 2.14. The number of amidine groups is 1. The molecule has 1 aromatic heterocycles. The van der Waals surface area contributed by atoms with Crippen molar-refractivity contribution >= 4 is 21.8 Å². The molecule has 0 amide bonds. The molecule has 2 aromatic rings. The number of pyridine rings is 1. The van der Waals surface area contributed by atoms with Gasteiger partial charge in [0.1, 0.15) is 18.1 Å². The van der Waals surface area contributed by atoms with Gasteiger partial charge in [0.25, 0.3) is 0 Å². The van der Waals surface area contributed by atoms with Gasteiger partial charge in [0.15, 0.2) is 5.84 Å². The van der Waals surface area contributed by atoms with Gasteiger partial charge in [0.05, 0.1) is 18.9 Å². The van der Waals surface area contributed by atoms with Crippen LogP contribution in [0.2, 0.25) is 0 Å². The molecule has 3 N–H and O–H groups in total. The van der Waals surface area contributed by atoms with E-state index in [0.29, 0.717) is 23.7 Å². The van der Waals surface area contributed by atoms with Gasteiger partial charge in [-0.25, -0.2) is 0 Å². The number of aromatic nitrogens is 1. The zero-order chi connectivity index (χ0) is 15.2. The summed E-state index contributed by atoms with van der Waals surface area (Å²) in [4.78, 5) is 4.02. The van der Waals surface area contributed by atoms with Gasteiger partial charge in [-0.1, -0.05) is 11.2 Å². The highest BCUT2D eigenvalue weighted by molar-refractivity contribution is 9.10. The van der Waals surface area contributed by atoms with Crippen molar-refractivity contribution in [1.82, 2.24) is 4.98 Å². The number of methoxy groups -OCH3 is 1. The van der Waals surface area contributed by atoms with E-state index in [2.05, 4.69) is 26.1 Å². The highest BCUT2D eigenvalue weighted by Gasteiger charge is 2.09. The summed E-state index contributed by atoms with van der Waals surface area (Å²) < 4.78 is 11.7. The first-order chi connectivity index (χ1) is 10.1. The van der Waals surface area contributed by atoms with E-state index in [1.54, 1.807) is 24.5 Å². The molecule has 1 aromatic carbocycles. The van der Waals surface area contributed by atoms with Crippen molar-refractivity contribution in [2.45, 2.75) is 6.61 Å². The summed E-state index contributed by atoms with van der Waals surface area (Å²) in [5.74, 6) is 1.16. The minimum absolute atomic E-state index is 0.00416. The van der Waals surface area contributed by atoms with Crippen LogP contribution < -0.4 is 15.2 Å². The SMILES string of the molecule is COc1cc(COc2cncc(Br)c2)ccc1/C(N)=N/O. The lowest BCUT2D eigenvalue weighted by molar-refractivity contribution is 0.303. The molecule has 0 saturated heterocycles. The number of oxime groups is 1. The van der Waals surface area contributed by atoms with Gasteiger partial charge >= 0.3 is 0 Å². The number of nitrogens with two attached hydrogens (primary N) is 1. The summed E-state index contributed by atoms with van der Waals surface area (Å²) in [6.07, 6.45) is 3.31. The van der Waals surface area contributed by atoms with E-state index in [1.807, 2.05) is 12.1 Å². The van der Waals surface area contributed by atoms with Gasteiger partial charge < -0.3 is 20.4 Å². The minimum atomic E-state index is -0.00416. The lowest BCUT2D eigenvalue weighted by atomic mass is 10.1. The fourth-order valence-electron chi connectivity index (χ4n) is 1.73. The topological polar surface area (TPSA) is 90.0 Å². The maximum absolute atomic E-state index is 8.73. The molecule has 0 aliphatic carbocycles. The third-order valence-corrected chi connectivity index (χ3v) is 3.17. The molecule has 110 valence electrons. The number of ether oxygens (including phenoxy) is 2. The van der Waals surface area contributed by atoms with E-state index in [9.17, 15) is 0 Å². The van der Waals surface area contributed by atoms with Crippen LogP contribution in [0.5, 0.6) is 11.5 Å². The van der Waals surface area contributed by atoms with E-state index in [0.717, 1.165) is 10.0 Å². The zero-order valence-electron chi connectivity index (χ0n) is 11.3. The fourth-order valence-corrected chi connectivity index (χ4v) is 2.07. The summed E-state index contributed by atoms with van der Waals surface area (Å²) >= 11 is 3.33. The molecule has 2 rings (SSSR count). The van der Waals surface area contributed by atoms with Crippen LogP contribution in [0.4, 0.5) is 0 Å². The first-order valence-electron chi connectivity index (χ1n) is 6.02. The third kappa shape index (κ3) is 3.85. The van der Waals surface area contributed by atoms with Crippen molar-refractivity contribution in [2.75, 3.05) is 7.11 Å². The van der Waals surface area contributed by atoms with Crippen LogP contribution in [0.1, 0.15) is 11.1 Å². The summed E-state index contributed by atoms with van der Waals surface area (Å²) in [6.45, 7) is 0.352. The maximum atomic E-state index is 8.73. The molecule has 0 aliphatic rings. The molecule has 0 fully saturated rings. The Hall–Kier alpha value is -2.28. The molecule has 7 heteroatoms. The molecular formula is C14H14BrN3O3. The smallest absolute Gasteiger partial charge is 0.173 e. The van der Waals surface area contributed by atoms with Gasteiger partial charge in [0.2, 0.25) is 0 Å². The molecule has 0 radical (unpaired) electrons. The van der Waals surface area contributed by atoms with Crippen LogP contribution in [0.25, 0.3) is 0 Å². The molecule has 1 heterocycles. The van der Waals surface area contributed by atoms with Crippen LogP contribution in [0, 0.1) is 0 Å². The van der Waals surface area contributed by atoms with Crippen molar-refractivity contribution in [3.8, 4) is 11.5 Å². The number of halogens is 1. The molecule has 0 unspecified atom stereocenters. The minimum Gasteiger partial charge on any atom is -0.496 e. The fraction of sp³-hybridized carbons (Fsp3) is 0.143. The second-order valence-corrected chi connectivity index (χ2v) is 5.06. The molecule has 21 heavy (non-hydrogen) atoms. The van der Waals surface area contributed by atoms with E-state index >= 15 is 0 Å². The average Bonchev–Trinajstić information content (AvgIpc) is 2.52. The largest absolute Gasteiger partial charge is 0.496 e. The number of benzene rings is 1. The Labute approximate surface area is 130 Å². The van der Waals surface area contributed by atoms with Crippen molar-refractivity contribution in [2.24, 2.45) is 10.9 Å². The van der Waals surface area contributed by atoms with Crippen molar-refractivity contribution in [3.63, 3.8) is 0 Å². The predicted octanol–water partition coefficient (Wildman–Crippen LogP) is 2.53. The lowest BCUT2D eigenvalue weighted by Crippen LogP contribution is -2.14. The van der Waals surface area contributed by atoms with Crippen LogP contribution in [-0.2, 0) is 6.61 Å². The maximum Gasteiger partial charge on any atom is 0.173 e. The highest BCUT2D eigenvalue weighted by Crippen LogP contribution is 2.22. The van der Waals surface area contributed by atoms with Crippen molar-refractivity contribution < 1.29 is 14.7 Å². The number of nitrogens with zero attached hydrogens (tertiary/aromatic N) is 2. The summed E-state index contributed by atoms with van der Waals surface area (Å²) in [5.41, 5.74) is 6.99. The summed E-state index contributed by atoms with van der Waals surface area (Å²) in [7, 11) is 1.52. The first kappa shape index (κ1) is 15.1. The first-order valence-corrected chi connectivity index (χ1v) is 6.81. The lowest BCUT2D eigenvalue weighted by Gasteiger charge is -2.10. The van der Waals surface area contributed by atoms with Gasteiger partial charge in [-0.2, -0.15) is 0 Å². The Bertz CT molecular complexity index is 662. The molecule has 0 aliphatic heterocycles. The van der Waals surface area contributed by atoms with Gasteiger partial charge in [-0.05, 0) is 39.7 Å². The second-order valence-electron chi connectivity index (χ2n) is 4.15. The number of rotatable bonds is 5. The van der Waals surface area contributed by atoms with Crippen LogP contribution >= 0.6 is 15.9 Å². The monoisotopic (exact) mass is 351 g/mol. The normalized spacial score (nSPS) is 11.2. The number of hydrogen-bond acceptors (Lipinski definition) is 5.